The number of hydrogen-bond donors (Lipinski definition) is 1. The van der Waals surface area contributed by atoms with Crippen molar-refractivity contribution in [1.82, 2.24) is 4.31 Å². The van der Waals surface area contributed by atoms with Crippen LogP contribution in [0.3, 0.4) is 0 Å². The van der Waals surface area contributed by atoms with Crippen molar-refractivity contribution in [3.63, 3.8) is 0 Å². The van der Waals surface area contributed by atoms with Crippen molar-refractivity contribution in [2.75, 3.05) is 13.1 Å². The molecule has 0 amide bonds. The van der Waals surface area contributed by atoms with Crippen LogP contribution in [0.25, 0.3) is 0 Å². The maximum absolute atomic E-state index is 13.8. The molecule has 1 heterocycles. The van der Waals surface area contributed by atoms with Crippen molar-refractivity contribution in [3.05, 3.63) is 29.6 Å². The third-order valence-corrected chi connectivity index (χ3v) is 5.32. The topological polar surface area (TPSA) is 74.7 Å². The highest BCUT2D eigenvalue weighted by molar-refractivity contribution is 7.89. The van der Waals surface area contributed by atoms with Gasteiger partial charge < -0.3 is 5.11 Å². The van der Waals surface area contributed by atoms with Gasteiger partial charge in [-0.2, -0.15) is 4.31 Å². The van der Waals surface area contributed by atoms with E-state index in [9.17, 15) is 17.6 Å². The summed E-state index contributed by atoms with van der Waals surface area (Å²) in [4.78, 5) is 10.6. The van der Waals surface area contributed by atoms with Gasteiger partial charge in [-0.15, -0.1) is 0 Å². The summed E-state index contributed by atoms with van der Waals surface area (Å²) in [7, 11) is -3.99. The van der Waals surface area contributed by atoms with Crippen LogP contribution in [0, 0.1) is 18.7 Å². The molecule has 110 valence electrons. The summed E-state index contributed by atoms with van der Waals surface area (Å²) < 4.78 is 39.7. The highest BCUT2D eigenvalue weighted by Gasteiger charge is 2.34. The lowest BCUT2D eigenvalue weighted by Crippen LogP contribution is -2.42. The Morgan fingerprint density at radius 3 is 2.80 bits per heavy atom. The summed E-state index contributed by atoms with van der Waals surface area (Å²) in [5.74, 6) is -2.56. The van der Waals surface area contributed by atoms with Crippen molar-refractivity contribution >= 4 is 16.0 Å². The number of benzene rings is 1. The normalized spacial score (nSPS) is 20.8. The van der Waals surface area contributed by atoms with E-state index in [1.54, 1.807) is 6.92 Å². The second-order valence-electron chi connectivity index (χ2n) is 4.97. The predicted molar refractivity (Wildman–Crippen MR) is 70.3 cm³/mol. The van der Waals surface area contributed by atoms with Crippen LogP contribution in [-0.2, 0) is 14.8 Å². The molecule has 0 radical (unpaired) electrons. The van der Waals surface area contributed by atoms with Gasteiger partial charge in [0.25, 0.3) is 0 Å². The summed E-state index contributed by atoms with van der Waals surface area (Å²) in [6, 6.07) is 3.88. The average Bonchev–Trinajstić information content (AvgIpc) is 2.41. The van der Waals surface area contributed by atoms with Crippen LogP contribution < -0.4 is 0 Å². The van der Waals surface area contributed by atoms with Gasteiger partial charge in [0, 0.05) is 13.1 Å². The minimum atomic E-state index is -3.99. The van der Waals surface area contributed by atoms with Crippen LogP contribution in [-0.4, -0.2) is 36.9 Å². The number of rotatable bonds is 3. The summed E-state index contributed by atoms with van der Waals surface area (Å²) in [6.07, 6.45) is 0.904. The zero-order chi connectivity index (χ0) is 14.9. The second kappa shape index (κ2) is 5.49. The molecule has 1 N–H and O–H groups in total. The van der Waals surface area contributed by atoms with E-state index in [1.165, 1.54) is 12.1 Å². The molecule has 0 aliphatic carbocycles. The Kier molecular flexibility index (Phi) is 4.10. The molecule has 20 heavy (non-hydrogen) atoms. The van der Waals surface area contributed by atoms with Gasteiger partial charge >= 0.3 is 5.97 Å². The van der Waals surface area contributed by atoms with E-state index < -0.39 is 27.7 Å². The van der Waals surface area contributed by atoms with Gasteiger partial charge in [-0.1, -0.05) is 6.07 Å². The maximum Gasteiger partial charge on any atom is 0.307 e. The van der Waals surface area contributed by atoms with E-state index >= 15 is 0 Å². The van der Waals surface area contributed by atoms with Gasteiger partial charge in [0.15, 0.2) is 0 Å². The molecule has 1 aliphatic heterocycles. The molecule has 2 rings (SSSR count). The fourth-order valence-corrected chi connectivity index (χ4v) is 3.98. The molecule has 0 unspecified atom stereocenters. The Balaban J connectivity index is 2.35. The SMILES string of the molecule is Cc1ccc(F)c(S(=O)(=O)N2CCC[C@H](C(=O)O)C2)c1. The Hall–Kier alpha value is -1.47. The molecule has 1 fully saturated rings. The van der Waals surface area contributed by atoms with E-state index in [4.69, 9.17) is 5.11 Å². The Bertz CT molecular complexity index is 629. The van der Waals surface area contributed by atoms with Crippen LogP contribution in [0.4, 0.5) is 4.39 Å². The highest BCUT2D eigenvalue weighted by atomic mass is 32.2. The number of piperidine rings is 1. The number of carboxylic acid groups (broad SMARTS) is 1. The summed E-state index contributed by atoms with van der Waals surface area (Å²) >= 11 is 0. The van der Waals surface area contributed by atoms with Crippen LogP contribution in [0.5, 0.6) is 0 Å². The lowest BCUT2D eigenvalue weighted by Gasteiger charge is -2.29. The first-order valence-corrected chi connectivity index (χ1v) is 7.75. The lowest BCUT2D eigenvalue weighted by molar-refractivity contribution is -0.142. The zero-order valence-electron chi connectivity index (χ0n) is 11.0. The van der Waals surface area contributed by atoms with Crippen molar-refractivity contribution in [1.29, 1.82) is 0 Å². The maximum atomic E-state index is 13.8. The molecule has 0 spiro atoms. The highest BCUT2D eigenvalue weighted by Crippen LogP contribution is 2.26. The first-order valence-electron chi connectivity index (χ1n) is 6.31. The van der Waals surface area contributed by atoms with E-state index in [-0.39, 0.29) is 18.0 Å². The van der Waals surface area contributed by atoms with Gasteiger partial charge in [-0.05, 0) is 37.5 Å². The van der Waals surface area contributed by atoms with Crippen LogP contribution >= 0.6 is 0 Å². The fourth-order valence-electron chi connectivity index (χ4n) is 2.31. The largest absolute Gasteiger partial charge is 0.481 e. The predicted octanol–water partition coefficient (Wildman–Crippen LogP) is 1.62. The molecule has 1 aliphatic rings. The van der Waals surface area contributed by atoms with Crippen molar-refractivity contribution in [2.24, 2.45) is 5.92 Å². The number of hydrogen-bond acceptors (Lipinski definition) is 3. The first-order chi connectivity index (χ1) is 9.32. The van der Waals surface area contributed by atoms with Gasteiger partial charge in [0.1, 0.15) is 10.7 Å². The van der Waals surface area contributed by atoms with Gasteiger partial charge in [0.2, 0.25) is 10.0 Å². The standard InChI is InChI=1S/C13H16FNO4S/c1-9-4-5-11(14)12(7-9)20(18,19)15-6-2-3-10(8-15)13(16)17/h4-5,7,10H,2-3,6,8H2,1H3,(H,16,17)/t10-/m0/s1. The van der Waals surface area contributed by atoms with E-state index in [1.807, 2.05) is 0 Å². The van der Waals surface area contributed by atoms with Crippen LogP contribution in [0.15, 0.2) is 23.1 Å². The van der Waals surface area contributed by atoms with Gasteiger partial charge in [0.05, 0.1) is 5.92 Å². The number of aliphatic carboxylic acids is 1. The molecule has 0 aromatic heterocycles. The smallest absolute Gasteiger partial charge is 0.307 e. The molecule has 1 atom stereocenters. The summed E-state index contributed by atoms with van der Waals surface area (Å²) in [5.41, 5.74) is 0.636. The number of sulfonamides is 1. The molecule has 1 aromatic rings. The third-order valence-electron chi connectivity index (χ3n) is 3.44. The minimum Gasteiger partial charge on any atom is -0.481 e. The molecule has 1 aromatic carbocycles. The molecule has 7 heteroatoms. The van der Waals surface area contributed by atoms with E-state index in [0.717, 1.165) is 10.4 Å². The quantitative estimate of drug-likeness (QED) is 0.920. The van der Waals surface area contributed by atoms with E-state index in [0.29, 0.717) is 18.4 Å². The number of nitrogens with zero attached hydrogens (tertiary/aromatic N) is 1. The fraction of sp³-hybridized carbons (Fsp3) is 0.462. The number of carboxylic acids is 1. The Labute approximate surface area is 117 Å². The van der Waals surface area contributed by atoms with Gasteiger partial charge in [-0.25, -0.2) is 12.8 Å². The number of carbonyl (C=O) groups is 1. The number of halogens is 1. The Morgan fingerprint density at radius 2 is 2.15 bits per heavy atom. The lowest BCUT2D eigenvalue weighted by atomic mass is 10.0. The van der Waals surface area contributed by atoms with Crippen molar-refractivity contribution in [3.8, 4) is 0 Å². The monoisotopic (exact) mass is 301 g/mol. The van der Waals surface area contributed by atoms with Crippen molar-refractivity contribution in [2.45, 2.75) is 24.7 Å². The van der Waals surface area contributed by atoms with E-state index in [2.05, 4.69) is 0 Å². The molecule has 5 nitrogen and oxygen atoms in total. The average molecular weight is 301 g/mol. The molecule has 1 saturated heterocycles. The second-order valence-corrected chi connectivity index (χ2v) is 6.88. The zero-order valence-corrected chi connectivity index (χ0v) is 11.9. The molecule has 0 saturated carbocycles. The number of aryl methyl sites for hydroxylation is 1. The van der Waals surface area contributed by atoms with Gasteiger partial charge in [-0.3, -0.25) is 4.79 Å². The van der Waals surface area contributed by atoms with Crippen molar-refractivity contribution < 1.29 is 22.7 Å². The van der Waals surface area contributed by atoms with Crippen LogP contribution in [0.1, 0.15) is 18.4 Å². The third kappa shape index (κ3) is 2.83. The van der Waals surface area contributed by atoms with Crippen LogP contribution in [0.2, 0.25) is 0 Å². The summed E-state index contributed by atoms with van der Waals surface area (Å²) in [5, 5.41) is 9.00. The summed E-state index contributed by atoms with van der Waals surface area (Å²) in [6.45, 7) is 1.79. The molecule has 0 bridgehead atoms. The Morgan fingerprint density at radius 1 is 1.45 bits per heavy atom. The molecular formula is C13H16FNO4S. The minimum absolute atomic E-state index is 0.106. The molecular weight excluding hydrogens is 285 g/mol. The first kappa shape index (κ1) is 14.9.